The van der Waals surface area contributed by atoms with Gasteiger partial charge in [-0.3, -0.25) is 9.59 Å². The van der Waals surface area contributed by atoms with E-state index in [1.807, 2.05) is 6.92 Å². The number of nitrogens with zero attached hydrogens (tertiary/aromatic N) is 1. The second kappa shape index (κ2) is 9.25. The van der Waals surface area contributed by atoms with Crippen LogP contribution in [0.5, 0.6) is 0 Å². The molecule has 1 rings (SSSR count). The molecule has 0 radical (unpaired) electrons. The van der Waals surface area contributed by atoms with Crippen molar-refractivity contribution in [3.63, 3.8) is 0 Å². The van der Waals surface area contributed by atoms with Crippen molar-refractivity contribution in [3.05, 3.63) is 35.1 Å². The quantitative estimate of drug-likeness (QED) is 0.709. The molecule has 0 aliphatic heterocycles. The summed E-state index contributed by atoms with van der Waals surface area (Å²) in [6, 6.07) is 4.33. The first kappa shape index (κ1) is 19.1. The summed E-state index contributed by atoms with van der Waals surface area (Å²) in [4.78, 5) is 25.0. The minimum absolute atomic E-state index is 0.0287. The van der Waals surface area contributed by atoms with Crippen molar-refractivity contribution in [2.45, 2.75) is 27.2 Å². The molecule has 0 aromatic heterocycles. The molecule has 0 fully saturated rings. The number of hydrogen-bond acceptors (Lipinski definition) is 3. The minimum atomic E-state index is -0.989. The highest BCUT2D eigenvalue weighted by Gasteiger charge is 2.23. The van der Waals surface area contributed by atoms with Crippen LogP contribution in [0.4, 0.5) is 4.39 Å². The maximum atomic E-state index is 13.9. The maximum Gasteiger partial charge on any atom is 0.308 e. The van der Waals surface area contributed by atoms with Gasteiger partial charge < -0.3 is 14.7 Å². The molecule has 1 amide bonds. The average Bonchev–Trinajstić information content (AvgIpc) is 2.51. The maximum absolute atomic E-state index is 13.9. The summed E-state index contributed by atoms with van der Waals surface area (Å²) in [6.45, 7) is 6.58. The number of hydrogen-bond donors (Lipinski definition) is 1. The second-order valence-corrected chi connectivity index (χ2v) is 5.52. The van der Waals surface area contributed by atoms with Gasteiger partial charge in [0.05, 0.1) is 11.5 Å². The summed E-state index contributed by atoms with van der Waals surface area (Å²) in [6.07, 6.45) is 0.569. The first-order chi connectivity index (χ1) is 10.9. The Hall–Kier alpha value is -1.95. The van der Waals surface area contributed by atoms with Crippen LogP contribution in [0.1, 0.15) is 36.2 Å². The predicted octanol–water partition coefficient (Wildman–Crippen LogP) is 2.72. The Kier molecular flexibility index (Phi) is 7.68. The molecule has 1 aromatic carbocycles. The Labute approximate surface area is 136 Å². The van der Waals surface area contributed by atoms with Gasteiger partial charge in [-0.25, -0.2) is 4.39 Å². The number of halogens is 1. The van der Waals surface area contributed by atoms with Gasteiger partial charge in [-0.05, 0) is 32.4 Å². The van der Waals surface area contributed by atoms with Gasteiger partial charge in [0.15, 0.2) is 0 Å². The molecule has 0 heterocycles. The number of aliphatic carboxylic acids is 1. The number of carboxylic acids is 1. The van der Waals surface area contributed by atoms with Gasteiger partial charge in [0.1, 0.15) is 5.82 Å². The van der Waals surface area contributed by atoms with Crippen molar-refractivity contribution < 1.29 is 23.8 Å². The lowest BCUT2D eigenvalue weighted by molar-refractivity contribution is -0.141. The van der Waals surface area contributed by atoms with Crippen LogP contribution < -0.4 is 0 Å². The molecule has 6 heteroatoms. The molecule has 23 heavy (non-hydrogen) atoms. The number of carbonyl (C=O) groups excluding carboxylic acids is 1. The van der Waals surface area contributed by atoms with Crippen LogP contribution in [-0.2, 0) is 9.53 Å². The fourth-order valence-electron chi connectivity index (χ4n) is 2.16. The third kappa shape index (κ3) is 5.98. The number of rotatable bonds is 9. The van der Waals surface area contributed by atoms with E-state index in [0.29, 0.717) is 26.2 Å². The molecule has 128 valence electrons. The zero-order valence-electron chi connectivity index (χ0n) is 13.8. The molecular formula is C17H24FNO4. The Balaban J connectivity index is 2.89. The van der Waals surface area contributed by atoms with Gasteiger partial charge in [-0.2, -0.15) is 0 Å². The average molecular weight is 325 g/mol. The first-order valence-electron chi connectivity index (χ1n) is 7.72. The van der Waals surface area contributed by atoms with E-state index >= 15 is 0 Å². The van der Waals surface area contributed by atoms with E-state index in [1.54, 1.807) is 13.0 Å². The zero-order valence-corrected chi connectivity index (χ0v) is 13.8. The molecular weight excluding hydrogens is 301 g/mol. The van der Waals surface area contributed by atoms with Gasteiger partial charge in [-0.15, -0.1) is 0 Å². The van der Waals surface area contributed by atoms with Crippen molar-refractivity contribution in [1.82, 2.24) is 4.90 Å². The van der Waals surface area contributed by atoms with Crippen LogP contribution in [0.15, 0.2) is 18.2 Å². The molecule has 0 saturated heterocycles. The van der Waals surface area contributed by atoms with Crippen LogP contribution in [0.25, 0.3) is 0 Å². The van der Waals surface area contributed by atoms with E-state index in [1.165, 1.54) is 24.0 Å². The molecule has 1 atom stereocenters. The van der Waals surface area contributed by atoms with Crippen LogP contribution in [0.2, 0.25) is 0 Å². The second-order valence-electron chi connectivity index (χ2n) is 5.52. The van der Waals surface area contributed by atoms with Gasteiger partial charge >= 0.3 is 5.97 Å². The highest BCUT2D eigenvalue weighted by atomic mass is 19.1. The van der Waals surface area contributed by atoms with E-state index in [4.69, 9.17) is 9.84 Å². The number of benzene rings is 1. The molecule has 0 aliphatic carbocycles. The fourth-order valence-corrected chi connectivity index (χ4v) is 2.16. The fraction of sp³-hybridized carbons (Fsp3) is 0.529. The zero-order chi connectivity index (χ0) is 17.4. The van der Waals surface area contributed by atoms with Crippen LogP contribution in [0.3, 0.4) is 0 Å². The van der Waals surface area contributed by atoms with E-state index in [-0.39, 0.29) is 12.1 Å². The van der Waals surface area contributed by atoms with Crippen molar-refractivity contribution in [2.75, 3.05) is 26.3 Å². The van der Waals surface area contributed by atoms with E-state index < -0.39 is 23.6 Å². The SMILES string of the molecule is CCOCCCN(CC(C)C(=O)O)C(=O)c1cc(C)ccc1F. The molecule has 1 aromatic rings. The molecule has 5 nitrogen and oxygen atoms in total. The molecule has 0 saturated carbocycles. The monoisotopic (exact) mass is 325 g/mol. The minimum Gasteiger partial charge on any atom is -0.481 e. The predicted molar refractivity (Wildman–Crippen MR) is 85.0 cm³/mol. The highest BCUT2D eigenvalue weighted by molar-refractivity contribution is 5.95. The van der Waals surface area contributed by atoms with Gasteiger partial charge in [0, 0.05) is 26.3 Å². The lowest BCUT2D eigenvalue weighted by Gasteiger charge is -2.25. The van der Waals surface area contributed by atoms with Crippen molar-refractivity contribution in [2.24, 2.45) is 5.92 Å². The van der Waals surface area contributed by atoms with Crippen molar-refractivity contribution >= 4 is 11.9 Å². The van der Waals surface area contributed by atoms with E-state index in [0.717, 1.165) is 5.56 Å². The normalized spacial score (nSPS) is 12.0. The topological polar surface area (TPSA) is 66.8 Å². The lowest BCUT2D eigenvalue weighted by Crippen LogP contribution is -2.38. The number of ether oxygens (including phenoxy) is 1. The molecule has 0 spiro atoms. The van der Waals surface area contributed by atoms with Crippen LogP contribution in [-0.4, -0.2) is 48.2 Å². The summed E-state index contributed by atoms with van der Waals surface area (Å²) >= 11 is 0. The first-order valence-corrected chi connectivity index (χ1v) is 7.72. The Bertz CT molecular complexity index is 547. The standard InChI is InChI=1S/C17H24FNO4/c1-4-23-9-5-8-19(11-13(3)17(21)22)16(20)14-10-12(2)6-7-15(14)18/h6-7,10,13H,4-5,8-9,11H2,1-3H3,(H,21,22). The van der Waals surface area contributed by atoms with Gasteiger partial charge in [-0.1, -0.05) is 18.6 Å². The number of carbonyl (C=O) groups is 2. The third-order valence-electron chi connectivity index (χ3n) is 3.48. The van der Waals surface area contributed by atoms with Gasteiger partial charge in [0.2, 0.25) is 0 Å². The smallest absolute Gasteiger partial charge is 0.308 e. The molecule has 1 N–H and O–H groups in total. The molecule has 1 unspecified atom stereocenters. The Morgan fingerprint density at radius 3 is 2.70 bits per heavy atom. The molecule has 0 aliphatic rings. The van der Waals surface area contributed by atoms with E-state index in [9.17, 15) is 14.0 Å². The summed E-state index contributed by atoms with van der Waals surface area (Å²) in [5.74, 6) is -2.80. The third-order valence-corrected chi connectivity index (χ3v) is 3.48. The van der Waals surface area contributed by atoms with Gasteiger partial charge in [0.25, 0.3) is 5.91 Å². The number of aryl methyl sites for hydroxylation is 1. The summed E-state index contributed by atoms with van der Waals surface area (Å²) in [5.41, 5.74) is 0.745. The molecule has 0 bridgehead atoms. The number of amides is 1. The lowest BCUT2D eigenvalue weighted by atomic mass is 10.1. The van der Waals surface area contributed by atoms with E-state index in [2.05, 4.69) is 0 Å². The van der Waals surface area contributed by atoms with Crippen LogP contribution >= 0.6 is 0 Å². The highest BCUT2D eigenvalue weighted by Crippen LogP contribution is 2.14. The largest absolute Gasteiger partial charge is 0.481 e. The summed E-state index contributed by atoms with van der Waals surface area (Å²) in [7, 11) is 0. The van der Waals surface area contributed by atoms with Crippen molar-refractivity contribution in [3.8, 4) is 0 Å². The Morgan fingerprint density at radius 2 is 2.09 bits per heavy atom. The van der Waals surface area contributed by atoms with Crippen LogP contribution in [0, 0.1) is 18.7 Å². The summed E-state index contributed by atoms with van der Waals surface area (Å²) in [5, 5.41) is 9.05. The van der Waals surface area contributed by atoms with Crippen molar-refractivity contribution in [1.29, 1.82) is 0 Å². The number of carboxylic acid groups (broad SMARTS) is 1. The summed E-state index contributed by atoms with van der Waals surface area (Å²) < 4.78 is 19.2. The Morgan fingerprint density at radius 1 is 1.39 bits per heavy atom.